The van der Waals surface area contributed by atoms with Gasteiger partial charge in [0, 0.05) is 16.6 Å². The van der Waals surface area contributed by atoms with Gasteiger partial charge in [-0.05, 0) is 42.3 Å². The standard InChI is InChI=1S/C15H12Cl3NO/c16-11-3-1-2-10(8-11)6-7-19-15(20)13-9-12(17)4-5-14(13)18/h1-5,8-9H,6-7H2,(H,19,20). The van der Waals surface area contributed by atoms with Crippen LogP contribution in [-0.4, -0.2) is 12.5 Å². The van der Waals surface area contributed by atoms with Crippen molar-refractivity contribution in [2.45, 2.75) is 6.42 Å². The quantitative estimate of drug-likeness (QED) is 0.872. The van der Waals surface area contributed by atoms with Gasteiger partial charge in [0.25, 0.3) is 5.91 Å². The first-order valence-corrected chi connectivity index (χ1v) is 7.17. The van der Waals surface area contributed by atoms with E-state index in [1.54, 1.807) is 18.2 Å². The van der Waals surface area contributed by atoms with E-state index < -0.39 is 0 Å². The Bertz CT molecular complexity index is 628. The van der Waals surface area contributed by atoms with E-state index in [9.17, 15) is 4.79 Å². The van der Waals surface area contributed by atoms with Crippen molar-refractivity contribution in [3.8, 4) is 0 Å². The Morgan fingerprint density at radius 3 is 2.50 bits per heavy atom. The van der Waals surface area contributed by atoms with E-state index in [-0.39, 0.29) is 5.91 Å². The zero-order valence-electron chi connectivity index (χ0n) is 10.5. The summed E-state index contributed by atoms with van der Waals surface area (Å²) in [5.74, 6) is -0.237. The molecule has 0 fully saturated rings. The minimum absolute atomic E-state index is 0.237. The molecule has 2 aromatic rings. The Morgan fingerprint density at radius 2 is 1.75 bits per heavy atom. The largest absolute Gasteiger partial charge is 0.352 e. The molecule has 20 heavy (non-hydrogen) atoms. The second-order valence-corrected chi connectivity index (χ2v) is 5.54. The highest BCUT2D eigenvalue weighted by Gasteiger charge is 2.10. The number of carbonyl (C=O) groups is 1. The molecular formula is C15H12Cl3NO. The zero-order chi connectivity index (χ0) is 14.5. The molecule has 0 unspecified atom stereocenters. The molecule has 104 valence electrons. The number of amides is 1. The fourth-order valence-electron chi connectivity index (χ4n) is 1.78. The minimum Gasteiger partial charge on any atom is -0.352 e. The van der Waals surface area contributed by atoms with E-state index in [0.29, 0.717) is 33.6 Å². The van der Waals surface area contributed by atoms with Crippen molar-refractivity contribution in [1.29, 1.82) is 0 Å². The Labute approximate surface area is 132 Å². The third-order valence-corrected chi connectivity index (χ3v) is 3.56. The maximum absolute atomic E-state index is 12.0. The molecule has 0 radical (unpaired) electrons. The van der Waals surface area contributed by atoms with Crippen molar-refractivity contribution in [3.05, 3.63) is 68.7 Å². The predicted molar refractivity (Wildman–Crippen MR) is 84.0 cm³/mol. The monoisotopic (exact) mass is 327 g/mol. The van der Waals surface area contributed by atoms with Crippen LogP contribution in [0.5, 0.6) is 0 Å². The topological polar surface area (TPSA) is 29.1 Å². The second kappa shape index (κ2) is 6.98. The number of rotatable bonds is 4. The smallest absolute Gasteiger partial charge is 0.252 e. The van der Waals surface area contributed by atoms with E-state index in [4.69, 9.17) is 34.8 Å². The van der Waals surface area contributed by atoms with Crippen LogP contribution in [0.2, 0.25) is 15.1 Å². The van der Waals surface area contributed by atoms with Crippen molar-refractivity contribution in [2.75, 3.05) is 6.54 Å². The molecular weight excluding hydrogens is 317 g/mol. The van der Waals surface area contributed by atoms with Gasteiger partial charge < -0.3 is 5.32 Å². The van der Waals surface area contributed by atoms with Crippen molar-refractivity contribution >= 4 is 40.7 Å². The van der Waals surface area contributed by atoms with Gasteiger partial charge in [0.1, 0.15) is 0 Å². The number of hydrogen-bond donors (Lipinski definition) is 1. The molecule has 0 saturated carbocycles. The van der Waals surface area contributed by atoms with Crippen LogP contribution < -0.4 is 5.32 Å². The fourth-order valence-corrected chi connectivity index (χ4v) is 2.37. The summed E-state index contributed by atoms with van der Waals surface area (Å²) in [4.78, 5) is 12.0. The van der Waals surface area contributed by atoms with Crippen LogP contribution >= 0.6 is 34.8 Å². The Kier molecular flexibility index (Phi) is 5.30. The normalized spacial score (nSPS) is 10.3. The lowest BCUT2D eigenvalue weighted by molar-refractivity contribution is 0.0954. The molecule has 5 heteroatoms. The summed E-state index contributed by atoms with van der Waals surface area (Å²) in [6.45, 7) is 0.502. The molecule has 1 amide bonds. The molecule has 0 aliphatic rings. The van der Waals surface area contributed by atoms with Crippen molar-refractivity contribution < 1.29 is 4.79 Å². The maximum atomic E-state index is 12.0. The van der Waals surface area contributed by atoms with Gasteiger partial charge in [0.15, 0.2) is 0 Å². The number of halogens is 3. The average molecular weight is 329 g/mol. The molecule has 0 aliphatic heterocycles. The van der Waals surface area contributed by atoms with Crippen LogP contribution in [0.4, 0.5) is 0 Å². The van der Waals surface area contributed by atoms with Gasteiger partial charge in [-0.2, -0.15) is 0 Å². The van der Waals surface area contributed by atoms with Crippen LogP contribution in [-0.2, 0) is 6.42 Å². The summed E-state index contributed by atoms with van der Waals surface area (Å²) in [5, 5.41) is 4.36. The van der Waals surface area contributed by atoms with Crippen molar-refractivity contribution in [1.82, 2.24) is 5.32 Å². The first kappa shape index (κ1) is 15.2. The second-order valence-electron chi connectivity index (χ2n) is 4.26. The molecule has 2 aromatic carbocycles. The summed E-state index contributed by atoms with van der Waals surface area (Å²) in [6, 6.07) is 12.3. The zero-order valence-corrected chi connectivity index (χ0v) is 12.8. The molecule has 0 bridgehead atoms. The number of carbonyl (C=O) groups excluding carboxylic acids is 1. The Morgan fingerprint density at radius 1 is 1.00 bits per heavy atom. The molecule has 0 aromatic heterocycles. The first-order valence-electron chi connectivity index (χ1n) is 6.04. The van der Waals surface area contributed by atoms with Crippen LogP contribution in [0.1, 0.15) is 15.9 Å². The molecule has 2 nitrogen and oxygen atoms in total. The summed E-state index contributed by atoms with van der Waals surface area (Å²) < 4.78 is 0. The van der Waals surface area contributed by atoms with Gasteiger partial charge in [0.05, 0.1) is 10.6 Å². The van der Waals surface area contributed by atoms with Gasteiger partial charge in [-0.1, -0.05) is 46.9 Å². The van der Waals surface area contributed by atoms with E-state index in [1.165, 1.54) is 0 Å². The van der Waals surface area contributed by atoms with Crippen LogP contribution in [0, 0.1) is 0 Å². The van der Waals surface area contributed by atoms with Crippen LogP contribution in [0.15, 0.2) is 42.5 Å². The molecule has 0 aliphatic carbocycles. The average Bonchev–Trinajstić information content (AvgIpc) is 2.41. The summed E-state index contributed by atoms with van der Waals surface area (Å²) in [5.41, 5.74) is 1.44. The highest BCUT2D eigenvalue weighted by molar-refractivity contribution is 6.35. The van der Waals surface area contributed by atoms with Gasteiger partial charge in [-0.15, -0.1) is 0 Å². The van der Waals surface area contributed by atoms with E-state index in [0.717, 1.165) is 5.56 Å². The SMILES string of the molecule is O=C(NCCc1cccc(Cl)c1)c1cc(Cl)ccc1Cl. The number of nitrogens with one attached hydrogen (secondary N) is 1. The first-order chi connectivity index (χ1) is 9.56. The molecule has 0 heterocycles. The van der Waals surface area contributed by atoms with Crippen LogP contribution in [0.3, 0.4) is 0 Å². The summed E-state index contributed by atoms with van der Waals surface area (Å²) in [7, 11) is 0. The summed E-state index contributed by atoms with van der Waals surface area (Å²) in [6.07, 6.45) is 0.699. The highest BCUT2D eigenvalue weighted by Crippen LogP contribution is 2.20. The molecule has 0 saturated heterocycles. The minimum atomic E-state index is -0.237. The lowest BCUT2D eigenvalue weighted by Crippen LogP contribution is -2.26. The van der Waals surface area contributed by atoms with E-state index >= 15 is 0 Å². The van der Waals surface area contributed by atoms with E-state index in [2.05, 4.69) is 5.32 Å². The van der Waals surface area contributed by atoms with Crippen molar-refractivity contribution in [2.24, 2.45) is 0 Å². The Balaban J connectivity index is 1.94. The molecule has 0 spiro atoms. The van der Waals surface area contributed by atoms with Crippen molar-refractivity contribution in [3.63, 3.8) is 0 Å². The lowest BCUT2D eigenvalue weighted by Gasteiger charge is -2.07. The van der Waals surface area contributed by atoms with Gasteiger partial charge in [-0.3, -0.25) is 4.79 Å². The van der Waals surface area contributed by atoms with Gasteiger partial charge in [0.2, 0.25) is 0 Å². The third kappa shape index (κ3) is 4.14. The Hall–Kier alpha value is -1.22. The fraction of sp³-hybridized carbons (Fsp3) is 0.133. The molecule has 2 rings (SSSR count). The summed E-state index contributed by atoms with van der Waals surface area (Å²) >= 11 is 17.7. The molecule has 0 atom stereocenters. The number of hydrogen-bond acceptors (Lipinski definition) is 1. The maximum Gasteiger partial charge on any atom is 0.252 e. The number of benzene rings is 2. The van der Waals surface area contributed by atoms with Gasteiger partial charge in [-0.25, -0.2) is 0 Å². The highest BCUT2D eigenvalue weighted by atomic mass is 35.5. The molecule has 1 N–H and O–H groups in total. The predicted octanol–water partition coefficient (Wildman–Crippen LogP) is 4.62. The van der Waals surface area contributed by atoms with Crippen LogP contribution in [0.25, 0.3) is 0 Å². The lowest BCUT2D eigenvalue weighted by atomic mass is 10.1. The van der Waals surface area contributed by atoms with Gasteiger partial charge >= 0.3 is 0 Å². The van der Waals surface area contributed by atoms with E-state index in [1.807, 2.05) is 24.3 Å². The third-order valence-electron chi connectivity index (χ3n) is 2.76.